The first-order valence-electron chi connectivity index (χ1n) is 9.88. The first-order valence-corrected chi connectivity index (χ1v) is 12.8. The third-order valence-corrected chi connectivity index (χ3v) is 6.71. The van der Waals surface area contributed by atoms with E-state index in [2.05, 4.69) is 4.98 Å². The molecule has 0 amide bonds. The normalized spacial score (nSPS) is 12.3. The monoisotopic (exact) mass is 476 g/mol. The summed E-state index contributed by atoms with van der Waals surface area (Å²) < 4.78 is 35.4. The highest BCUT2D eigenvalue weighted by molar-refractivity contribution is 7.90. The summed E-state index contributed by atoms with van der Waals surface area (Å²) in [6, 6.07) is 10.3. The van der Waals surface area contributed by atoms with Gasteiger partial charge in [0.2, 0.25) is 0 Å². The smallest absolute Gasteiger partial charge is 0.282 e. The molecule has 8 nitrogen and oxygen atoms in total. The van der Waals surface area contributed by atoms with E-state index in [9.17, 15) is 18.5 Å². The highest BCUT2D eigenvalue weighted by Crippen LogP contribution is 2.38. The molecule has 0 N–H and O–H groups in total. The molecule has 0 saturated carbocycles. The fraction of sp³-hybridized carbons (Fsp3) is 0.318. The van der Waals surface area contributed by atoms with Crippen LogP contribution in [0.2, 0.25) is 0 Å². The molecule has 0 fully saturated rings. The molecule has 1 atom stereocenters. The number of thiazole rings is 1. The van der Waals surface area contributed by atoms with Crippen molar-refractivity contribution in [2.24, 2.45) is 0 Å². The van der Waals surface area contributed by atoms with E-state index in [0.29, 0.717) is 39.8 Å². The first-order chi connectivity index (χ1) is 15.2. The fourth-order valence-electron chi connectivity index (χ4n) is 3.62. The molecular weight excluding hydrogens is 452 g/mol. The predicted molar refractivity (Wildman–Crippen MR) is 125 cm³/mol. The van der Waals surface area contributed by atoms with Gasteiger partial charge in [-0.25, -0.2) is 13.4 Å². The average molecular weight is 477 g/mol. The molecule has 3 aromatic rings. The zero-order valence-corrected chi connectivity index (χ0v) is 19.6. The molecule has 0 saturated heterocycles. The van der Waals surface area contributed by atoms with Crippen molar-refractivity contribution in [2.45, 2.75) is 19.3 Å². The minimum Gasteiger partial charge on any atom is -0.493 e. The van der Waals surface area contributed by atoms with E-state index in [1.165, 1.54) is 18.4 Å². The van der Waals surface area contributed by atoms with E-state index >= 15 is 0 Å². The molecule has 10 heteroatoms. The Morgan fingerprint density at radius 2 is 2.00 bits per heavy atom. The minimum absolute atomic E-state index is 0.0560. The van der Waals surface area contributed by atoms with Crippen LogP contribution in [0.25, 0.3) is 10.6 Å². The van der Waals surface area contributed by atoms with Gasteiger partial charge in [-0.1, -0.05) is 18.2 Å². The Morgan fingerprint density at radius 1 is 1.22 bits per heavy atom. The van der Waals surface area contributed by atoms with Crippen LogP contribution in [0, 0.1) is 10.1 Å². The summed E-state index contributed by atoms with van der Waals surface area (Å²) in [7, 11) is -1.84. The summed E-state index contributed by atoms with van der Waals surface area (Å²) in [5.74, 6) is 0.353. The highest BCUT2D eigenvalue weighted by atomic mass is 32.2. The Hall–Kier alpha value is -2.98. The summed E-state index contributed by atoms with van der Waals surface area (Å²) in [6.07, 6.45) is 2.92. The Kier molecular flexibility index (Phi) is 7.47. The Balaban J connectivity index is 2.09. The third kappa shape index (κ3) is 5.63. The van der Waals surface area contributed by atoms with Crippen LogP contribution in [0.15, 0.2) is 48.0 Å². The second-order valence-corrected chi connectivity index (χ2v) is 10.3. The van der Waals surface area contributed by atoms with Crippen molar-refractivity contribution in [1.29, 1.82) is 0 Å². The van der Waals surface area contributed by atoms with E-state index in [1.54, 1.807) is 48.0 Å². The van der Waals surface area contributed by atoms with Gasteiger partial charge in [-0.3, -0.25) is 10.1 Å². The second-order valence-electron chi connectivity index (χ2n) is 7.24. The van der Waals surface area contributed by atoms with Gasteiger partial charge in [0.1, 0.15) is 14.8 Å². The predicted octanol–water partition coefficient (Wildman–Crippen LogP) is 4.50. The van der Waals surface area contributed by atoms with Gasteiger partial charge in [0.15, 0.2) is 11.5 Å². The standard InChI is InChI=1S/C22H24N2O6S2/c1-4-30-20-13-15(8-9-19(20)29-2)17(14-32(3,27)28)12-16-6-5-7-18(21(16)24(25)26)22-23-10-11-31-22/h5-11,13,17H,4,12,14H2,1-3H3/t17-/m1/s1. The third-order valence-electron chi connectivity index (χ3n) is 4.89. The van der Waals surface area contributed by atoms with Crippen molar-refractivity contribution in [3.05, 3.63) is 69.2 Å². The number of nitrogens with zero attached hydrogens (tertiary/aromatic N) is 2. The SMILES string of the molecule is CCOc1cc([C@H](Cc2cccc(-c3nccs3)c2[N+](=O)[O-])CS(C)(=O)=O)ccc1OC. The Morgan fingerprint density at radius 3 is 2.59 bits per heavy atom. The van der Waals surface area contributed by atoms with Crippen molar-refractivity contribution in [1.82, 2.24) is 4.98 Å². The molecule has 170 valence electrons. The van der Waals surface area contributed by atoms with Crippen LogP contribution in [-0.2, 0) is 16.3 Å². The molecule has 0 aliphatic heterocycles. The van der Waals surface area contributed by atoms with Crippen LogP contribution >= 0.6 is 11.3 Å². The zero-order chi connectivity index (χ0) is 23.3. The lowest BCUT2D eigenvalue weighted by Gasteiger charge is -2.19. The molecule has 1 heterocycles. The number of hydrogen-bond donors (Lipinski definition) is 0. The van der Waals surface area contributed by atoms with E-state index in [-0.39, 0.29) is 17.9 Å². The fourth-order valence-corrected chi connectivity index (χ4v) is 5.33. The molecule has 0 aliphatic rings. The molecular formula is C22H24N2O6S2. The van der Waals surface area contributed by atoms with Gasteiger partial charge < -0.3 is 9.47 Å². The van der Waals surface area contributed by atoms with E-state index in [1.807, 2.05) is 6.92 Å². The van der Waals surface area contributed by atoms with Gasteiger partial charge in [0, 0.05) is 29.3 Å². The van der Waals surface area contributed by atoms with Crippen molar-refractivity contribution in [3.8, 4) is 22.1 Å². The van der Waals surface area contributed by atoms with Gasteiger partial charge in [-0.05, 0) is 37.1 Å². The summed E-state index contributed by atoms with van der Waals surface area (Å²) >= 11 is 1.31. The van der Waals surface area contributed by atoms with Crippen LogP contribution in [0.3, 0.4) is 0 Å². The summed E-state index contributed by atoms with van der Waals surface area (Å²) in [6.45, 7) is 2.26. The Bertz CT molecular complexity index is 1190. The van der Waals surface area contributed by atoms with Crippen LogP contribution in [0.5, 0.6) is 11.5 Å². The number of methoxy groups -OCH3 is 1. The number of nitro benzene ring substituents is 1. The quantitative estimate of drug-likeness (QED) is 0.313. The van der Waals surface area contributed by atoms with Crippen molar-refractivity contribution >= 4 is 26.9 Å². The van der Waals surface area contributed by atoms with Gasteiger partial charge in [-0.15, -0.1) is 11.3 Å². The largest absolute Gasteiger partial charge is 0.493 e. The van der Waals surface area contributed by atoms with Crippen molar-refractivity contribution < 1.29 is 22.8 Å². The summed E-state index contributed by atoms with van der Waals surface area (Å²) in [5, 5.41) is 14.3. The van der Waals surface area contributed by atoms with Gasteiger partial charge >= 0.3 is 0 Å². The molecule has 0 unspecified atom stereocenters. The van der Waals surface area contributed by atoms with Gasteiger partial charge in [0.25, 0.3) is 5.69 Å². The average Bonchev–Trinajstić information content (AvgIpc) is 3.27. The maximum atomic E-state index is 12.2. The van der Waals surface area contributed by atoms with Crippen molar-refractivity contribution in [3.63, 3.8) is 0 Å². The van der Waals surface area contributed by atoms with E-state index in [4.69, 9.17) is 9.47 Å². The molecule has 32 heavy (non-hydrogen) atoms. The number of aromatic nitrogens is 1. The van der Waals surface area contributed by atoms with Crippen LogP contribution in [0.1, 0.15) is 24.0 Å². The van der Waals surface area contributed by atoms with Crippen molar-refractivity contribution in [2.75, 3.05) is 25.7 Å². The highest BCUT2D eigenvalue weighted by Gasteiger charge is 2.27. The summed E-state index contributed by atoms with van der Waals surface area (Å²) in [4.78, 5) is 15.8. The molecule has 1 aromatic heterocycles. The maximum Gasteiger partial charge on any atom is 0.282 e. The number of hydrogen-bond acceptors (Lipinski definition) is 8. The second kappa shape index (κ2) is 10.1. The van der Waals surface area contributed by atoms with Gasteiger partial charge in [0.05, 0.1) is 30.0 Å². The number of sulfone groups is 1. The number of nitro groups is 1. The molecule has 0 aliphatic carbocycles. The zero-order valence-electron chi connectivity index (χ0n) is 18.0. The van der Waals surface area contributed by atoms with Crippen LogP contribution < -0.4 is 9.47 Å². The van der Waals surface area contributed by atoms with Crippen LogP contribution in [-0.4, -0.2) is 44.1 Å². The molecule has 0 spiro atoms. The Labute approximate surface area is 190 Å². The lowest BCUT2D eigenvalue weighted by Crippen LogP contribution is -2.16. The first kappa shape index (κ1) is 23.7. The van der Waals surface area contributed by atoms with Gasteiger partial charge in [-0.2, -0.15) is 0 Å². The molecule has 2 aromatic carbocycles. The lowest BCUT2D eigenvalue weighted by molar-refractivity contribution is -0.384. The minimum atomic E-state index is -3.37. The topological polar surface area (TPSA) is 109 Å². The molecule has 0 radical (unpaired) electrons. The number of benzene rings is 2. The van der Waals surface area contributed by atoms with E-state index in [0.717, 1.165) is 6.26 Å². The number of para-hydroxylation sites is 1. The van der Waals surface area contributed by atoms with E-state index < -0.39 is 20.7 Å². The molecule has 3 rings (SSSR count). The lowest BCUT2D eigenvalue weighted by atomic mass is 9.91. The molecule has 0 bridgehead atoms. The maximum absolute atomic E-state index is 12.2. The van der Waals surface area contributed by atoms with Crippen LogP contribution in [0.4, 0.5) is 5.69 Å². The number of ether oxygens (including phenoxy) is 2. The number of rotatable bonds is 10. The summed E-state index contributed by atoms with van der Waals surface area (Å²) in [5.41, 5.74) is 1.52.